The predicted molar refractivity (Wildman–Crippen MR) is 193 cm³/mol. The first-order valence-electron chi connectivity index (χ1n) is 17.4. The van der Waals surface area contributed by atoms with Gasteiger partial charge in [0.25, 0.3) is 0 Å². The molecule has 7 amide bonds. The summed E-state index contributed by atoms with van der Waals surface area (Å²) in [5.74, 6) is -6.66. The number of aliphatic hydroxyl groups excluding tert-OH is 1. The second-order valence-corrected chi connectivity index (χ2v) is 14.5. The van der Waals surface area contributed by atoms with Crippen molar-refractivity contribution in [3.05, 3.63) is 23.9 Å². The highest BCUT2D eigenvalue weighted by molar-refractivity contribution is 8.02. The minimum atomic E-state index is -1.80. The van der Waals surface area contributed by atoms with Crippen molar-refractivity contribution >= 4 is 58.9 Å². The average molecular weight is 751 g/mol. The molecule has 6 atom stereocenters. The molecule has 0 aromatic heterocycles. The van der Waals surface area contributed by atoms with E-state index in [1.807, 2.05) is 20.8 Å². The number of nitrogens with one attached hydrogen (secondary N) is 7. The minimum absolute atomic E-state index is 0.00829. The van der Waals surface area contributed by atoms with Gasteiger partial charge in [0.2, 0.25) is 41.4 Å². The number of hydrogen-bond donors (Lipinski definition) is 9. The van der Waals surface area contributed by atoms with E-state index in [9.17, 15) is 43.5 Å². The number of rotatable bonds is 13. The van der Waals surface area contributed by atoms with E-state index in [0.29, 0.717) is 6.42 Å². The van der Waals surface area contributed by atoms with Crippen LogP contribution in [0.2, 0.25) is 0 Å². The molecule has 52 heavy (non-hydrogen) atoms. The largest absolute Gasteiger partial charge is 0.394 e. The highest BCUT2D eigenvalue weighted by Crippen LogP contribution is 2.29. The summed E-state index contributed by atoms with van der Waals surface area (Å²) in [7, 11) is 0. The summed E-state index contributed by atoms with van der Waals surface area (Å²) in [4.78, 5) is 106. The molecule has 0 aromatic carbocycles. The molecular weight excluding hydrogens is 696 g/mol. The van der Waals surface area contributed by atoms with E-state index < -0.39 is 89.9 Å². The van der Waals surface area contributed by atoms with Crippen LogP contribution >= 0.6 is 11.8 Å². The SMILES string of the molecule is C=C1CNC(=O)C(CC(C)C)NC(=O)C(CC(=O)C(C)NC(=O)CCCC)CC2(CS/C=C\NC(=O)C(CO)NC(=O)C(CCC(N)=O)NC2=O)N1. The van der Waals surface area contributed by atoms with Crippen LogP contribution in [0.5, 0.6) is 0 Å². The van der Waals surface area contributed by atoms with Crippen molar-refractivity contribution in [1.82, 2.24) is 37.2 Å². The van der Waals surface area contributed by atoms with Gasteiger partial charge in [0.15, 0.2) is 5.78 Å². The topological polar surface area (TPSA) is 267 Å². The van der Waals surface area contributed by atoms with Gasteiger partial charge in [0, 0.05) is 42.8 Å². The Balaban J connectivity index is 2.68. The Morgan fingerprint density at radius 1 is 1.00 bits per heavy atom. The number of aliphatic hydroxyl groups is 1. The molecular formula is C34H54N8O9S. The number of hydrogen-bond acceptors (Lipinski definition) is 11. The lowest BCUT2D eigenvalue weighted by Gasteiger charge is -2.38. The van der Waals surface area contributed by atoms with Crippen molar-refractivity contribution in [3.63, 3.8) is 0 Å². The summed E-state index contributed by atoms with van der Waals surface area (Å²) in [5, 5.41) is 29.9. The molecule has 2 aliphatic rings. The summed E-state index contributed by atoms with van der Waals surface area (Å²) in [5.41, 5.74) is 3.72. The van der Waals surface area contributed by atoms with E-state index >= 15 is 0 Å². The summed E-state index contributed by atoms with van der Waals surface area (Å²) in [6, 6.07) is -4.78. The smallest absolute Gasteiger partial charge is 0.248 e. The van der Waals surface area contributed by atoms with Gasteiger partial charge >= 0.3 is 0 Å². The average Bonchev–Trinajstić information content (AvgIpc) is 3.08. The number of ketones is 1. The lowest BCUT2D eigenvalue weighted by atomic mass is 9.83. The molecule has 2 aliphatic heterocycles. The Kier molecular flexibility index (Phi) is 17.8. The third-order valence-electron chi connectivity index (χ3n) is 8.53. The number of carbonyl (C=O) groups is 8. The maximum Gasteiger partial charge on any atom is 0.248 e. The maximum atomic E-state index is 14.6. The number of unbranched alkanes of at least 4 members (excludes halogenated alkanes) is 1. The number of thioether (sulfide) groups is 1. The zero-order chi connectivity index (χ0) is 39.0. The minimum Gasteiger partial charge on any atom is -0.394 e. The standard InChI is InChI=1S/C34H54N8O9S/c1-6-7-8-28(46)38-21(5)26(44)14-22-15-34(42-20(4)16-37-30(48)24(13-19(2)3)39-29(22)47)18-52-12-11-36-31(49)25(17-43)40-32(50)23(41-33(34)51)9-10-27(35)45/h11-12,19,21-25,42-43H,4,6-10,13-18H2,1-3,5H3,(H2,35,45)(H,36,49)(H,37,48)(H,38,46)(H,39,47)(H,40,50)(H,41,51)/b12-11-. The van der Waals surface area contributed by atoms with Gasteiger partial charge in [-0.25, -0.2) is 0 Å². The molecule has 0 aromatic rings. The molecule has 0 aliphatic carbocycles. The molecule has 0 radical (unpaired) electrons. The Hall–Kier alpha value is -4.45. The summed E-state index contributed by atoms with van der Waals surface area (Å²) in [6.45, 7) is 10.3. The molecule has 2 rings (SSSR count). The first-order chi connectivity index (χ1) is 24.5. The molecule has 10 N–H and O–H groups in total. The molecule has 0 bridgehead atoms. The van der Waals surface area contributed by atoms with Crippen LogP contribution in [0.4, 0.5) is 0 Å². The highest BCUT2D eigenvalue weighted by atomic mass is 32.2. The van der Waals surface area contributed by atoms with Crippen LogP contribution in [-0.2, 0) is 38.4 Å². The molecule has 2 heterocycles. The van der Waals surface area contributed by atoms with Crippen LogP contribution in [0.3, 0.4) is 0 Å². The van der Waals surface area contributed by atoms with Crippen molar-refractivity contribution in [2.24, 2.45) is 17.6 Å². The van der Waals surface area contributed by atoms with Gasteiger partial charge in [-0.2, -0.15) is 0 Å². The fourth-order valence-corrected chi connectivity index (χ4v) is 6.52. The number of Topliss-reactive ketones (excluding diaryl/α,β-unsaturated/α-hetero) is 1. The third kappa shape index (κ3) is 13.9. The number of amides is 7. The van der Waals surface area contributed by atoms with Crippen LogP contribution in [0.1, 0.15) is 79.1 Å². The number of nitrogens with two attached hydrogens (primary N) is 1. The number of carbonyl (C=O) groups excluding carboxylic acids is 8. The first kappa shape index (κ1) is 43.7. The normalized spacial score (nSPS) is 26.3. The third-order valence-corrected chi connectivity index (χ3v) is 9.52. The summed E-state index contributed by atoms with van der Waals surface area (Å²) < 4.78 is 0. The van der Waals surface area contributed by atoms with E-state index in [0.717, 1.165) is 18.2 Å². The van der Waals surface area contributed by atoms with Gasteiger partial charge < -0.3 is 48.1 Å². The monoisotopic (exact) mass is 750 g/mol. The van der Waals surface area contributed by atoms with Gasteiger partial charge in [0.1, 0.15) is 23.7 Å². The van der Waals surface area contributed by atoms with Crippen molar-refractivity contribution < 1.29 is 43.5 Å². The van der Waals surface area contributed by atoms with Gasteiger partial charge in [-0.3, -0.25) is 38.4 Å². The van der Waals surface area contributed by atoms with Gasteiger partial charge in [-0.15, -0.1) is 11.8 Å². The quantitative estimate of drug-likeness (QED) is 0.107. The van der Waals surface area contributed by atoms with Crippen molar-refractivity contribution in [2.45, 2.75) is 109 Å². The zero-order valence-electron chi connectivity index (χ0n) is 30.3. The maximum absolute atomic E-state index is 14.6. The van der Waals surface area contributed by atoms with Crippen molar-refractivity contribution in [2.75, 3.05) is 18.9 Å². The van der Waals surface area contributed by atoms with E-state index in [1.165, 1.54) is 18.5 Å². The Morgan fingerprint density at radius 3 is 2.33 bits per heavy atom. The van der Waals surface area contributed by atoms with Crippen LogP contribution in [-0.4, -0.2) is 101 Å². The zero-order valence-corrected chi connectivity index (χ0v) is 31.1. The van der Waals surface area contributed by atoms with Crippen LogP contribution in [0, 0.1) is 11.8 Å². The van der Waals surface area contributed by atoms with Crippen molar-refractivity contribution in [3.8, 4) is 0 Å². The fourth-order valence-electron chi connectivity index (χ4n) is 5.66. The lowest BCUT2D eigenvalue weighted by Crippen LogP contribution is -2.64. The molecule has 1 saturated heterocycles. The van der Waals surface area contributed by atoms with E-state index in [-0.39, 0.29) is 61.9 Å². The second-order valence-electron chi connectivity index (χ2n) is 13.6. The Labute approximate surface area is 308 Å². The first-order valence-corrected chi connectivity index (χ1v) is 18.5. The molecule has 1 spiro atoms. The molecule has 1 fully saturated rings. The Morgan fingerprint density at radius 2 is 1.69 bits per heavy atom. The molecule has 18 heteroatoms. The molecule has 17 nitrogen and oxygen atoms in total. The number of primary amides is 1. The highest BCUT2D eigenvalue weighted by Gasteiger charge is 2.45. The Bertz CT molecular complexity index is 1390. The van der Waals surface area contributed by atoms with Crippen LogP contribution in [0.15, 0.2) is 23.9 Å². The summed E-state index contributed by atoms with van der Waals surface area (Å²) in [6.07, 6.45) is 1.74. The van der Waals surface area contributed by atoms with E-state index in [2.05, 4.69) is 43.8 Å². The molecule has 0 saturated carbocycles. The molecule has 6 unspecified atom stereocenters. The van der Waals surface area contributed by atoms with Gasteiger partial charge in [-0.1, -0.05) is 33.8 Å². The van der Waals surface area contributed by atoms with E-state index in [4.69, 9.17) is 5.73 Å². The van der Waals surface area contributed by atoms with Gasteiger partial charge in [-0.05, 0) is 43.9 Å². The second kappa shape index (κ2) is 21.2. The van der Waals surface area contributed by atoms with Crippen molar-refractivity contribution in [1.29, 1.82) is 0 Å². The lowest BCUT2D eigenvalue weighted by molar-refractivity contribution is -0.137. The van der Waals surface area contributed by atoms with E-state index in [1.54, 1.807) is 0 Å². The van der Waals surface area contributed by atoms with Crippen LogP contribution in [0.25, 0.3) is 0 Å². The van der Waals surface area contributed by atoms with Crippen LogP contribution < -0.4 is 43.0 Å². The molecule has 290 valence electrons. The van der Waals surface area contributed by atoms with Gasteiger partial charge in [0.05, 0.1) is 19.2 Å². The fraction of sp³-hybridized carbons (Fsp3) is 0.647. The summed E-state index contributed by atoms with van der Waals surface area (Å²) >= 11 is 1.04. The predicted octanol–water partition coefficient (Wildman–Crippen LogP) is -1.29.